The summed E-state index contributed by atoms with van der Waals surface area (Å²) in [4.78, 5) is 36.0. The van der Waals surface area contributed by atoms with Gasteiger partial charge in [-0.15, -0.1) is 0 Å². The van der Waals surface area contributed by atoms with E-state index >= 15 is 0 Å². The molecular weight excluding hydrogens is 1430 g/mol. The first-order valence-electron chi connectivity index (χ1n) is 49.2. The van der Waals surface area contributed by atoms with Gasteiger partial charge in [-0.3, -0.25) is 0 Å². The van der Waals surface area contributed by atoms with E-state index in [1.165, 1.54) is 4.57 Å². The Hall–Kier alpha value is -12.7. The molecule has 0 bridgehead atoms. The van der Waals surface area contributed by atoms with E-state index in [0.717, 1.165) is 61.0 Å². The molecule has 118 heavy (non-hydrogen) atoms. The zero-order valence-electron chi connectivity index (χ0n) is 87.9. The number of para-hydroxylation sites is 2. The minimum absolute atomic E-state index is 0.142. The first kappa shape index (κ1) is 58.2. The van der Waals surface area contributed by atoms with Crippen molar-refractivity contribution in [2.75, 3.05) is 9.80 Å². The van der Waals surface area contributed by atoms with E-state index < -0.39 is 149 Å². The predicted octanol–water partition coefficient (Wildman–Crippen LogP) is 26.4. The monoisotopic (exact) mass is 1550 g/mol. The fourth-order valence-electron chi connectivity index (χ4n) is 16.1. The Morgan fingerprint density at radius 3 is 0.941 bits per heavy atom. The third-order valence-corrected chi connectivity index (χ3v) is 22.8. The molecule has 2 aliphatic rings. The van der Waals surface area contributed by atoms with Gasteiger partial charge in [0.1, 0.15) is 0 Å². The van der Waals surface area contributed by atoms with Crippen molar-refractivity contribution in [3.63, 3.8) is 0 Å². The lowest BCUT2D eigenvalue weighted by molar-refractivity contribution is 0.568. The Morgan fingerprint density at radius 1 is 0.254 bits per heavy atom. The van der Waals surface area contributed by atoms with Gasteiger partial charge in [-0.2, -0.15) is 0 Å². The molecular formula is C108H102BN9. The van der Waals surface area contributed by atoms with E-state index in [2.05, 4.69) is 205 Å². The van der Waals surface area contributed by atoms with Crippen LogP contribution in [0.2, 0.25) is 0 Å². The van der Waals surface area contributed by atoms with Crippen molar-refractivity contribution in [2.24, 2.45) is 0 Å². The molecule has 3 aromatic heterocycles. The summed E-state index contributed by atoms with van der Waals surface area (Å²) < 4.78 is 173. The Morgan fingerprint density at radius 2 is 0.585 bits per heavy atom. The second-order valence-electron chi connectivity index (χ2n) is 37.2. The van der Waals surface area contributed by atoms with Gasteiger partial charge >= 0.3 is 0 Å². The quantitative estimate of drug-likeness (QED) is 0.118. The van der Waals surface area contributed by atoms with Gasteiger partial charge in [-0.25, -0.2) is 29.9 Å². The van der Waals surface area contributed by atoms with Crippen molar-refractivity contribution >= 4 is 79.0 Å². The number of anilines is 6. The maximum Gasteiger partial charge on any atom is 0.252 e. The number of aromatic nitrogens is 7. The number of benzene rings is 13. The van der Waals surface area contributed by atoms with Crippen LogP contribution in [-0.4, -0.2) is 41.2 Å². The molecule has 0 saturated carbocycles. The van der Waals surface area contributed by atoms with Crippen LogP contribution in [0.1, 0.15) is 183 Å². The lowest BCUT2D eigenvalue weighted by Gasteiger charge is -2.45. The molecule has 0 unspecified atom stereocenters. The third-order valence-electron chi connectivity index (χ3n) is 22.8. The van der Waals surface area contributed by atoms with Crippen LogP contribution >= 0.6 is 0 Å². The lowest BCUT2D eigenvalue weighted by atomic mass is 9.33. The number of nitrogens with zero attached hydrogens (tertiary/aromatic N) is 9. The summed E-state index contributed by atoms with van der Waals surface area (Å²) in [6.45, 7) is 38.0. The second-order valence-corrected chi connectivity index (χ2v) is 37.2. The summed E-state index contributed by atoms with van der Waals surface area (Å²) in [6.07, 6.45) is 0. The first-order chi connectivity index (χ1) is 63.7. The molecule has 0 spiro atoms. The fraction of sp³-hybridized carbons (Fsp3) is 0.222. The van der Waals surface area contributed by atoms with Gasteiger partial charge in [0.05, 0.1) is 52.8 Å². The molecule has 0 fully saturated rings. The number of rotatable bonds is 11. The standard InChI is InChI=1S/C108H102BN9/c1-103(2,3)75-49-53-90(84(63-75)101-112-97(67-35-23-19-24-36-67)110-98(113-101)68-37-25-20-26-38-68)117-92-59-71(73-55-77(105(7,8)9)61-78(56-73)106(10,11)12)47-51-86(92)109-87-52-48-72(74-57-79(107(13,14)15)62-80(58-74)108(16,17)18)60-93(87)118(95-66-81(65-94(117)96(95)109)116-88-45-33-31-43-82(88)83-44-32-34-46-89(83)116)91-54-50-76(104(4,5)6)64-85(91)102-114-99(69-39-27-21-28-40-69)111-100(115-102)70-41-29-22-30-42-70/h19-66H,1-18H3/i19D,20D,23D,24D,25D,26D,31D,32D,33D,34D,35D,36D,37D,38D,43D,44D,45D,46D. The Kier molecular flexibility index (Phi) is 14.1. The fourth-order valence-corrected chi connectivity index (χ4v) is 16.1. The lowest BCUT2D eigenvalue weighted by Crippen LogP contribution is -2.61. The Balaban J connectivity index is 1.09. The molecule has 0 aliphatic carbocycles. The summed E-state index contributed by atoms with van der Waals surface area (Å²) in [7, 11) is 0. The largest absolute Gasteiger partial charge is 0.311 e. The molecule has 0 amide bonds. The first-order valence-corrected chi connectivity index (χ1v) is 40.2. The van der Waals surface area contributed by atoms with Crippen molar-refractivity contribution < 1.29 is 24.7 Å². The van der Waals surface area contributed by atoms with Crippen molar-refractivity contribution in [1.29, 1.82) is 0 Å². The summed E-state index contributed by atoms with van der Waals surface area (Å²) in [6, 6.07) is 49.8. The average Bonchev–Trinajstić information content (AvgIpc) is 0.934. The van der Waals surface area contributed by atoms with Crippen molar-refractivity contribution in [3.05, 3.63) is 324 Å². The van der Waals surface area contributed by atoms with E-state index in [1.54, 1.807) is 0 Å². The van der Waals surface area contributed by atoms with Gasteiger partial charge in [0.15, 0.2) is 34.9 Å². The smallest absolute Gasteiger partial charge is 0.252 e. The third kappa shape index (κ3) is 14.1. The van der Waals surface area contributed by atoms with Crippen LogP contribution in [0.5, 0.6) is 0 Å². The van der Waals surface area contributed by atoms with E-state index in [0.29, 0.717) is 73.5 Å². The van der Waals surface area contributed by atoms with Crippen molar-refractivity contribution in [1.82, 2.24) is 34.5 Å². The summed E-state index contributed by atoms with van der Waals surface area (Å²) in [5.41, 5.74) is 12.7. The van der Waals surface area contributed by atoms with E-state index in [9.17, 15) is 16.4 Å². The Bertz CT molecular complexity index is 7420. The van der Waals surface area contributed by atoms with Crippen molar-refractivity contribution in [2.45, 2.75) is 157 Å². The van der Waals surface area contributed by atoms with E-state index in [4.69, 9.17) is 38.1 Å². The van der Waals surface area contributed by atoms with Gasteiger partial charge in [-0.1, -0.05) is 355 Å². The Labute approximate surface area is 722 Å². The molecule has 13 aromatic carbocycles. The van der Waals surface area contributed by atoms with Crippen LogP contribution in [0.15, 0.2) is 291 Å². The van der Waals surface area contributed by atoms with Gasteiger partial charge in [0.2, 0.25) is 0 Å². The van der Waals surface area contributed by atoms with Gasteiger partial charge in [0.25, 0.3) is 6.71 Å². The number of fused-ring (bicyclic) bond motifs is 7. The van der Waals surface area contributed by atoms with Gasteiger partial charge in [-0.05, 0) is 165 Å². The predicted molar refractivity (Wildman–Crippen MR) is 497 cm³/mol. The van der Waals surface area contributed by atoms with Crippen LogP contribution in [0, 0.1) is 0 Å². The van der Waals surface area contributed by atoms with E-state index in [-0.39, 0.29) is 66.4 Å². The molecule has 0 saturated heterocycles. The van der Waals surface area contributed by atoms with Crippen LogP contribution in [0.4, 0.5) is 34.1 Å². The topological polar surface area (TPSA) is 88.8 Å². The maximum absolute atomic E-state index is 10.3. The maximum atomic E-state index is 10.3. The van der Waals surface area contributed by atoms with Gasteiger partial charge < -0.3 is 14.4 Å². The minimum Gasteiger partial charge on any atom is -0.311 e. The summed E-state index contributed by atoms with van der Waals surface area (Å²) >= 11 is 0. The molecule has 0 N–H and O–H groups in total. The molecule has 5 heterocycles. The summed E-state index contributed by atoms with van der Waals surface area (Å²) in [5.74, 6) is -0.209. The minimum atomic E-state index is -0.811. The van der Waals surface area contributed by atoms with E-state index in [1.807, 2.05) is 112 Å². The molecule has 16 aromatic rings. The molecule has 18 rings (SSSR count). The van der Waals surface area contributed by atoms with Gasteiger partial charge in [0, 0.05) is 66.9 Å². The molecule has 0 atom stereocenters. The SMILES string of the molecule is [2H]c1c([2H])c([2H])c(-c2nc(-c3cc(C(C)(C)C)ccc3N3c4cc(-c5cc(C(C)(C)C)cc(C(C)(C)C)c5)ccc4B4c5ccc(-c6cc(C(C)(C)C)cc(C(C)(C)C)c6)cc5N(c5ccc(C(C)(C)C)cc5-c5nc(-c6ccccc6)nc(-c6ccccc6)n5)c5cc(-n6c7c([2H])c([2H])c([2H])c([2H])c7c7c([2H])c([2H])c([2H])c([2H])c76)cc3c54)nc(-c3c([2H])c([2H])c([2H])c([2H])c3[2H])n2)c([2H])c1[2H]. The van der Waals surface area contributed by atoms with Crippen LogP contribution in [0.3, 0.4) is 0 Å². The molecule has 9 nitrogen and oxygen atoms in total. The number of hydrogen-bond acceptors (Lipinski definition) is 8. The van der Waals surface area contributed by atoms with Crippen LogP contribution in [0.25, 0.3) is 118 Å². The normalized spacial score (nSPS) is 15.3. The zero-order chi connectivity index (χ0) is 97.9. The highest BCUT2D eigenvalue weighted by Crippen LogP contribution is 2.53. The highest BCUT2D eigenvalue weighted by atomic mass is 15.2. The molecule has 582 valence electrons. The van der Waals surface area contributed by atoms with Crippen LogP contribution < -0.4 is 26.2 Å². The van der Waals surface area contributed by atoms with Crippen LogP contribution in [-0.2, 0) is 32.5 Å². The average molecular weight is 1550 g/mol. The molecule has 0 radical (unpaired) electrons. The summed E-state index contributed by atoms with van der Waals surface area (Å²) in [5, 5.41) is -0.346. The highest BCUT2D eigenvalue weighted by Gasteiger charge is 2.46. The number of hydrogen-bond donors (Lipinski definition) is 0. The molecule has 10 heteroatoms. The second kappa shape index (κ2) is 28.6. The van der Waals surface area contributed by atoms with Crippen molar-refractivity contribution in [3.8, 4) is 96.3 Å². The molecule has 2 aliphatic heterocycles. The highest BCUT2D eigenvalue weighted by molar-refractivity contribution is 7.00. The zero-order valence-corrected chi connectivity index (χ0v) is 69.9.